The van der Waals surface area contributed by atoms with Gasteiger partial charge in [0.25, 0.3) is 5.91 Å². The van der Waals surface area contributed by atoms with Crippen molar-refractivity contribution in [2.45, 2.75) is 19.3 Å². The van der Waals surface area contributed by atoms with Crippen LogP contribution in [0.15, 0.2) is 34.4 Å². The highest BCUT2D eigenvalue weighted by molar-refractivity contribution is 14.1. The van der Waals surface area contributed by atoms with Crippen molar-refractivity contribution in [3.8, 4) is 0 Å². The zero-order valence-electron chi connectivity index (χ0n) is 18.5. The molecule has 9 nitrogen and oxygen atoms in total. The fraction of sp³-hybridized carbons (Fsp3) is 0.550. The largest absolute Gasteiger partial charge is 0.399 e. The number of halogens is 2. The summed E-state index contributed by atoms with van der Waals surface area (Å²) in [6.07, 6.45) is 3.86. The zero-order valence-corrected chi connectivity index (χ0v) is 24.6. The predicted octanol–water partition coefficient (Wildman–Crippen LogP) is 4.84. The number of nitrogens with zero attached hydrogens (tertiary/aromatic N) is 3. The lowest BCUT2D eigenvalue weighted by Gasteiger charge is -2.31. The number of carbonyl (C=O) groups is 1. The van der Waals surface area contributed by atoms with Gasteiger partial charge >= 0.3 is 7.67 Å². The highest BCUT2D eigenvalue weighted by Gasteiger charge is 2.30. The first-order valence-electron chi connectivity index (χ1n) is 10.4. The molecule has 1 aromatic carbocycles. The van der Waals surface area contributed by atoms with E-state index in [1.54, 1.807) is 30.5 Å². The summed E-state index contributed by atoms with van der Waals surface area (Å²) < 4.78 is 23.4. The van der Waals surface area contributed by atoms with E-state index in [4.69, 9.17) is 4.52 Å². The number of isothiocyanates is 1. The number of aliphatic imine (C=N–C) groups is 1. The highest BCUT2D eigenvalue weighted by Crippen LogP contribution is 2.46. The second-order valence-electron chi connectivity index (χ2n) is 6.57. The monoisotopic (exact) mass is 721 g/mol. The zero-order chi connectivity index (χ0) is 24.4. The molecule has 0 heterocycles. The number of rotatable bonds is 18. The minimum atomic E-state index is -3.29. The molecule has 0 saturated heterocycles. The van der Waals surface area contributed by atoms with Crippen LogP contribution >= 0.6 is 65.1 Å². The molecule has 0 aliphatic carbocycles. The van der Waals surface area contributed by atoms with E-state index in [0.29, 0.717) is 43.9 Å². The van der Waals surface area contributed by atoms with Crippen molar-refractivity contribution >= 4 is 88.0 Å². The van der Waals surface area contributed by atoms with Gasteiger partial charge in [0.2, 0.25) is 0 Å². The van der Waals surface area contributed by atoms with E-state index in [1.807, 2.05) is 4.67 Å². The van der Waals surface area contributed by atoms with Crippen LogP contribution in [0.3, 0.4) is 0 Å². The molecule has 0 radical (unpaired) electrons. The number of alkyl halides is 2. The number of oxime groups is 1. The molecule has 33 heavy (non-hydrogen) atoms. The van der Waals surface area contributed by atoms with Gasteiger partial charge in [-0.1, -0.05) is 50.3 Å². The number of amides is 1. The minimum Gasteiger partial charge on any atom is -0.399 e. The number of hydrogen-bond acceptors (Lipinski definition) is 7. The third-order valence-electron chi connectivity index (χ3n) is 4.19. The van der Waals surface area contributed by atoms with E-state index >= 15 is 0 Å². The number of thiocarbonyl (C=S) groups is 1. The van der Waals surface area contributed by atoms with E-state index in [2.05, 4.69) is 88.0 Å². The molecule has 184 valence electrons. The van der Waals surface area contributed by atoms with Gasteiger partial charge in [-0.2, -0.15) is 4.99 Å². The van der Waals surface area contributed by atoms with Gasteiger partial charge in [0.15, 0.2) is 0 Å². The molecule has 13 heteroatoms. The van der Waals surface area contributed by atoms with Gasteiger partial charge in [-0.15, -0.1) is 0 Å². The second-order valence-corrected chi connectivity index (χ2v) is 11.1. The lowest BCUT2D eigenvalue weighted by atomic mass is 10.2. The fourth-order valence-corrected chi connectivity index (χ4v) is 5.46. The lowest BCUT2D eigenvalue weighted by molar-refractivity contribution is 0.0954. The fourth-order valence-electron chi connectivity index (χ4n) is 2.66. The molecule has 1 amide bonds. The molecule has 1 unspecified atom stereocenters. The number of carbonyl (C=O) groups excluding carboxylic acids is 1. The van der Waals surface area contributed by atoms with Crippen LogP contribution in [-0.2, 0) is 13.9 Å². The smallest absolute Gasteiger partial charge is 0.343 e. The van der Waals surface area contributed by atoms with E-state index in [1.165, 1.54) is 7.11 Å². The first-order valence-corrected chi connectivity index (χ1v) is 15.4. The molecule has 0 saturated carbocycles. The molecule has 1 rings (SSSR count). The molecule has 1 aromatic rings. The molecule has 0 spiro atoms. The maximum atomic E-state index is 13.7. The number of hydrogen-bond donors (Lipinski definition) is 2. The maximum absolute atomic E-state index is 13.7. The average Bonchev–Trinajstić information content (AvgIpc) is 2.82. The van der Waals surface area contributed by atoms with Crippen LogP contribution in [0.4, 0.5) is 5.69 Å². The Labute approximate surface area is 228 Å². The lowest BCUT2D eigenvalue weighted by Crippen LogP contribution is -2.36. The predicted molar refractivity (Wildman–Crippen MR) is 154 cm³/mol. The topological polar surface area (TPSA) is 105 Å². The maximum Gasteiger partial charge on any atom is 0.343 e. The van der Waals surface area contributed by atoms with E-state index in [-0.39, 0.29) is 12.5 Å². The minimum absolute atomic E-state index is 0.229. The Balaban J connectivity index is 2.71. The Hall–Kier alpha value is -0.470. The van der Waals surface area contributed by atoms with Gasteiger partial charge in [-0.3, -0.25) is 9.36 Å². The van der Waals surface area contributed by atoms with Crippen molar-refractivity contribution in [3.05, 3.63) is 29.8 Å². The van der Waals surface area contributed by atoms with Crippen LogP contribution in [0.25, 0.3) is 0 Å². The second kappa shape index (κ2) is 18.8. The SMILES string of the molecule is CO/N=C/CCOP(=O)(NCCNC(=O)c1ccc(N=C=S)cc1)N(CCCI)CCCI. The van der Waals surface area contributed by atoms with Gasteiger partial charge in [0, 0.05) is 53.2 Å². The van der Waals surface area contributed by atoms with Crippen molar-refractivity contribution in [1.82, 2.24) is 15.1 Å². The van der Waals surface area contributed by atoms with Crippen molar-refractivity contribution in [2.24, 2.45) is 10.1 Å². The first kappa shape index (κ1) is 30.6. The van der Waals surface area contributed by atoms with Crippen LogP contribution in [0.5, 0.6) is 0 Å². The van der Waals surface area contributed by atoms with Gasteiger partial charge in [0.1, 0.15) is 7.11 Å². The molecule has 0 aliphatic rings. The van der Waals surface area contributed by atoms with Crippen molar-refractivity contribution in [3.63, 3.8) is 0 Å². The summed E-state index contributed by atoms with van der Waals surface area (Å²) in [5, 5.41) is 11.9. The molecule has 0 aromatic heterocycles. The Morgan fingerprint density at radius 2 is 1.88 bits per heavy atom. The third kappa shape index (κ3) is 12.7. The van der Waals surface area contributed by atoms with Gasteiger partial charge in [0.05, 0.1) is 17.5 Å². The van der Waals surface area contributed by atoms with Gasteiger partial charge in [-0.25, -0.2) is 9.76 Å². The van der Waals surface area contributed by atoms with Crippen LogP contribution in [0.2, 0.25) is 0 Å². The first-order chi connectivity index (χ1) is 16.0. The van der Waals surface area contributed by atoms with Crippen LogP contribution in [-0.4, -0.2) is 70.7 Å². The quantitative estimate of drug-likeness (QED) is 0.0426. The molecule has 0 bridgehead atoms. The van der Waals surface area contributed by atoms with E-state index in [0.717, 1.165) is 21.7 Å². The number of nitrogens with one attached hydrogen (secondary N) is 2. The molecule has 1 atom stereocenters. The summed E-state index contributed by atoms with van der Waals surface area (Å²) in [6.45, 7) is 2.17. The van der Waals surface area contributed by atoms with Gasteiger partial charge in [-0.05, 0) is 49.3 Å². The van der Waals surface area contributed by atoms with Crippen LogP contribution < -0.4 is 10.4 Å². The molecular weight excluding hydrogens is 691 g/mol. The number of benzene rings is 1. The molecular formula is C20H30I2N5O4PS. The summed E-state index contributed by atoms with van der Waals surface area (Å²) in [5.41, 5.74) is 1.14. The molecule has 0 fully saturated rings. The Morgan fingerprint density at radius 1 is 1.21 bits per heavy atom. The Bertz CT molecular complexity index is 817. The van der Waals surface area contributed by atoms with Crippen molar-refractivity contribution < 1.29 is 18.7 Å². The van der Waals surface area contributed by atoms with Crippen LogP contribution in [0, 0.1) is 0 Å². The summed E-state index contributed by atoms with van der Waals surface area (Å²) >= 11 is 9.20. The standard InChI is InChI=1S/C20H30I2N5O4PS/c1-30-25-11-4-16-31-32(29,27(14-2-9-21)15-3-10-22)26-13-12-23-20(28)18-5-7-19(8-6-18)24-17-33/h5-8,11H,2-4,9-10,12-16H2,1H3,(H,23,28)(H,26,29)/b25-11+. The summed E-state index contributed by atoms with van der Waals surface area (Å²) in [5.74, 6) is -0.229. The third-order valence-corrected chi connectivity index (χ3v) is 8.11. The Morgan fingerprint density at radius 3 is 2.45 bits per heavy atom. The normalized spacial score (nSPS) is 13.0. The van der Waals surface area contributed by atoms with Crippen molar-refractivity contribution in [2.75, 3.05) is 48.8 Å². The van der Waals surface area contributed by atoms with E-state index < -0.39 is 7.67 Å². The average molecular weight is 721 g/mol. The summed E-state index contributed by atoms with van der Waals surface area (Å²) in [7, 11) is -1.82. The van der Waals surface area contributed by atoms with E-state index in [9.17, 15) is 9.36 Å². The molecule has 2 N–H and O–H groups in total. The van der Waals surface area contributed by atoms with Crippen molar-refractivity contribution in [1.29, 1.82) is 0 Å². The summed E-state index contributed by atoms with van der Waals surface area (Å²) in [4.78, 5) is 20.9. The highest BCUT2D eigenvalue weighted by atomic mass is 127. The van der Waals surface area contributed by atoms with Crippen LogP contribution in [0.1, 0.15) is 29.6 Å². The molecule has 0 aliphatic heterocycles. The summed E-state index contributed by atoms with van der Waals surface area (Å²) in [6, 6.07) is 6.72. The Kier molecular flexibility index (Phi) is 17.4. The van der Waals surface area contributed by atoms with Gasteiger partial charge < -0.3 is 14.7 Å².